The van der Waals surface area contributed by atoms with E-state index in [1.165, 1.54) is 19.2 Å². The summed E-state index contributed by atoms with van der Waals surface area (Å²) in [4.78, 5) is 41.6. The summed E-state index contributed by atoms with van der Waals surface area (Å²) in [7, 11) is 1.37. The number of carbonyl (C=O) groups excluding carboxylic acids is 2. The molecule has 0 saturated carbocycles. The van der Waals surface area contributed by atoms with E-state index in [1.807, 2.05) is 0 Å². The fourth-order valence-electron chi connectivity index (χ4n) is 5.34. The van der Waals surface area contributed by atoms with Gasteiger partial charge >= 0.3 is 6.18 Å². The summed E-state index contributed by atoms with van der Waals surface area (Å²) < 4.78 is 74.1. The van der Waals surface area contributed by atoms with Gasteiger partial charge in [-0.3, -0.25) is 24.5 Å². The molecule has 2 amide bonds. The molecule has 45 heavy (non-hydrogen) atoms. The number of hydrogen-bond acceptors (Lipinski definition) is 6. The highest BCUT2D eigenvalue weighted by molar-refractivity contribution is 6.07. The lowest BCUT2D eigenvalue weighted by molar-refractivity contribution is -0.137. The number of halogens is 5. The van der Waals surface area contributed by atoms with Gasteiger partial charge in [-0.05, 0) is 43.2 Å². The Kier molecular flexibility index (Phi) is 9.54. The number of benzene rings is 1. The van der Waals surface area contributed by atoms with Gasteiger partial charge in [0.15, 0.2) is 11.6 Å². The summed E-state index contributed by atoms with van der Waals surface area (Å²) in [6.07, 6.45) is -2.71. The topological polar surface area (TPSA) is 102 Å². The zero-order chi connectivity index (χ0) is 33.2. The van der Waals surface area contributed by atoms with Crippen molar-refractivity contribution in [2.24, 2.45) is 4.99 Å². The average Bonchev–Trinajstić information content (AvgIpc) is 2.99. The molecule has 3 aromatic rings. The smallest absolute Gasteiger partial charge is 0.418 e. The highest BCUT2D eigenvalue weighted by Crippen LogP contribution is 2.44. The fourth-order valence-corrected chi connectivity index (χ4v) is 5.34. The lowest BCUT2D eigenvalue weighted by Gasteiger charge is -2.41. The first kappa shape index (κ1) is 33.0. The number of anilines is 2. The molecule has 3 heterocycles. The summed E-state index contributed by atoms with van der Waals surface area (Å²) in [5.74, 6) is -4.25. The highest BCUT2D eigenvalue weighted by Gasteiger charge is 2.39. The van der Waals surface area contributed by atoms with Crippen molar-refractivity contribution in [1.82, 2.24) is 19.8 Å². The van der Waals surface area contributed by atoms with Crippen LogP contribution in [-0.4, -0.2) is 75.8 Å². The van der Waals surface area contributed by atoms with E-state index in [4.69, 9.17) is 0 Å². The molecule has 0 bridgehead atoms. The van der Waals surface area contributed by atoms with Crippen LogP contribution < -0.4 is 4.90 Å². The van der Waals surface area contributed by atoms with Crippen LogP contribution >= 0.6 is 0 Å². The summed E-state index contributed by atoms with van der Waals surface area (Å²) in [5, 5.41) is 10.4. The summed E-state index contributed by atoms with van der Waals surface area (Å²) in [6.45, 7) is 9.05. The Bertz CT molecular complexity index is 1640. The molecule has 1 aliphatic rings. The van der Waals surface area contributed by atoms with E-state index >= 15 is 4.39 Å². The Morgan fingerprint density at radius 2 is 1.91 bits per heavy atom. The Balaban J connectivity index is 2.04. The first-order valence-corrected chi connectivity index (χ1v) is 13.9. The highest BCUT2D eigenvalue weighted by atomic mass is 19.4. The largest absolute Gasteiger partial charge is 0.507 e. The average molecular weight is 631 g/mol. The second kappa shape index (κ2) is 13.0. The number of amidine groups is 1. The molecule has 0 aliphatic carbocycles. The molecule has 1 atom stereocenters. The number of pyridine rings is 2. The maximum atomic E-state index is 15.9. The molecular formula is C31H31F5N6O3. The number of phenolic OH excluding ortho intramolecular Hbond substituents is 1. The summed E-state index contributed by atoms with van der Waals surface area (Å²) >= 11 is 0. The molecule has 9 nitrogen and oxygen atoms in total. The van der Waals surface area contributed by atoms with Gasteiger partial charge in [-0.15, -0.1) is 0 Å². The minimum Gasteiger partial charge on any atom is -0.507 e. The van der Waals surface area contributed by atoms with Crippen LogP contribution in [0.2, 0.25) is 0 Å². The first-order valence-electron chi connectivity index (χ1n) is 13.9. The number of aromatic nitrogens is 2. The van der Waals surface area contributed by atoms with Crippen LogP contribution in [0.5, 0.6) is 5.75 Å². The second-order valence-electron chi connectivity index (χ2n) is 10.6. The number of aliphatic imine (C=N–C) groups is 1. The normalized spacial score (nSPS) is 15.8. The number of alkyl halides is 3. The van der Waals surface area contributed by atoms with Gasteiger partial charge in [0.25, 0.3) is 0 Å². The van der Waals surface area contributed by atoms with Crippen LogP contribution in [0.3, 0.4) is 0 Å². The van der Waals surface area contributed by atoms with E-state index in [0.29, 0.717) is 11.0 Å². The first-order chi connectivity index (χ1) is 21.2. The van der Waals surface area contributed by atoms with Crippen molar-refractivity contribution in [3.8, 4) is 17.0 Å². The second-order valence-corrected chi connectivity index (χ2v) is 10.6. The molecule has 14 heteroatoms. The van der Waals surface area contributed by atoms with Crippen LogP contribution in [0.1, 0.15) is 43.5 Å². The number of phenols is 1. The molecule has 1 saturated heterocycles. The van der Waals surface area contributed by atoms with Crippen LogP contribution in [0.4, 0.5) is 33.5 Å². The quantitative estimate of drug-likeness (QED) is 0.119. The van der Waals surface area contributed by atoms with Crippen LogP contribution in [0.15, 0.2) is 54.2 Å². The number of rotatable bonds is 7. The van der Waals surface area contributed by atoms with E-state index in [2.05, 4.69) is 21.5 Å². The van der Waals surface area contributed by atoms with Crippen LogP contribution in [-0.2, 0) is 15.8 Å². The fraction of sp³-hybridized carbons (Fsp3) is 0.323. The van der Waals surface area contributed by atoms with Crippen LogP contribution in [0, 0.1) is 11.6 Å². The number of hydrogen-bond donors (Lipinski definition) is 1. The van der Waals surface area contributed by atoms with Crippen molar-refractivity contribution in [1.29, 1.82) is 0 Å². The molecule has 0 radical (unpaired) electrons. The van der Waals surface area contributed by atoms with E-state index < -0.39 is 63.8 Å². The maximum absolute atomic E-state index is 15.9. The zero-order valence-corrected chi connectivity index (χ0v) is 24.9. The zero-order valence-electron chi connectivity index (χ0n) is 24.9. The van der Waals surface area contributed by atoms with E-state index in [1.54, 1.807) is 30.6 Å². The summed E-state index contributed by atoms with van der Waals surface area (Å²) in [6, 6.07) is 4.39. The molecule has 4 rings (SSSR count). The number of nitrogens with zero attached hydrogens (tertiary/aromatic N) is 6. The maximum Gasteiger partial charge on any atom is 0.418 e. The van der Waals surface area contributed by atoms with Crippen molar-refractivity contribution in [2.75, 3.05) is 31.6 Å². The van der Waals surface area contributed by atoms with E-state index in [-0.39, 0.29) is 49.0 Å². The molecule has 1 fully saturated rings. The Hall–Kier alpha value is -4.88. The predicted octanol–water partition coefficient (Wildman–Crippen LogP) is 5.66. The number of carbonyl (C=O) groups is 2. The van der Waals surface area contributed by atoms with Gasteiger partial charge in [0.05, 0.1) is 28.1 Å². The van der Waals surface area contributed by atoms with Gasteiger partial charge in [0.1, 0.15) is 23.1 Å². The molecule has 1 aromatic carbocycles. The molecular weight excluding hydrogens is 599 g/mol. The molecule has 238 valence electrons. The van der Waals surface area contributed by atoms with Gasteiger partial charge in [-0.25, -0.2) is 13.8 Å². The minimum absolute atomic E-state index is 0.0503. The van der Waals surface area contributed by atoms with E-state index in [9.17, 15) is 32.3 Å². The van der Waals surface area contributed by atoms with Crippen molar-refractivity contribution >= 4 is 29.7 Å². The van der Waals surface area contributed by atoms with E-state index in [0.717, 1.165) is 24.4 Å². The lowest BCUT2D eigenvalue weighted by Crippen LogP contribution is -2.55. The molecule has 1 aliphatic heterocycles. The number of piperazine rings is 1. The lowest BCUT2D eigenvalue weighted by atomic mass is 10.0. The van der Waals surface area contributed by atoms with Crippen molar-refractivity contribution in [3.05, 3.63) is 77.6 Å². The monoisotopic (exact) mass is 630 g/mol. The third-order valence-electron chi connectivity index (χ3n) is 7.40. The standard InChI is InChI=1S/C31H31F5N6O3/c1-6-24(45)40-12-13-41(18(4)15-40)29(37-5)19-14-22(33)27(25-21(32)8-7-9-23(25)44)39-30(19)42(16-43)28-20(31(34,35)36)10-11-38-26(28)17(2)3/h6-11,14,16-18,44H,1,12-13,15H2,2-5H3/b37-29+. The Morgan fingerprint density at radius 1 is 1.20 bits per heavy atom. The van der Waals surface area contributed by atoms with Gasteiger partial charge in [-0.1, -0.05) is 26.5 Å². The van der Waals surface area contributed by atoms with Crippen molar-refractivity contribution in [2.45, 2.75) is 38.9 Å². The SMILES string of the molecule is C=CC(=O)N1CCN(/C(=N/C)c2cc(F)c(-c3c(O)cccc3F)nc2N(C=O)c2c(C(F)(F)F)ccnc2C(C)C)C(C)C1. The summed E-state index contributed by atoms with van der Waals surface area (Å²) in [5.41, 5.74) is -3.55. The van der Waals surface area contributed by atoms with Crippen molar-refractivity contribution in [3.63, 3.8) is 0 Å². The Labute approximate surface area is 256 Å². The number of amides is 2. The van der Waals surface area contributed by atoms with Gasteiger partial charge in [-0.2, -0.15) is 13.2 Å². The number of aromatic hydroxyl groups is 1. The van der Waals surface area contributed by atoms with Crippen molar-refractivity contribution < 1.29 is 36.6 Å². The third-order valence-corrected chi connectivity index (χ3v) is 7.40. The van der Waals surface area contributed by atoms with Gasteiger partial charge in [0, 0.05) is 38.9 Å². The van der Waals surface area contributed by atoms with Gasteiger partial charge in [0.2, 0.25) is 12.3 Å². The molecule has 1 N–H and O–H groups in total. The molecule has 0 spiro atoms. The van der Waals surface area contributed by atoms with Gasteiger partial charge < -0.3 is 14.9 Å². The Morgan fingerprint density at radius 3 is 2.47 bits per heavy atom. The minimum atomic E-state index is -4.94. The predicted molar refractivity (Wildman–Crippen MR) is 158 cm³/mol. The third kappa shape index (κ3) is 6.35. The molecule has 1 unspecified atom stereocenters. The molecule has 2 aromatic heterocycles. The van der Waals surface area contributed by atoms with Crippen LogP contribution in [0.25, 0.3) is 11.3 Å².